The maximum atomic E-state index is 13.2. The number of rotatable bonds is 6. The zero-order valence-corrected chi connectivity index (χ0v) is 22.4. The molecule has 0 aliphatic carbocycles. The molecule has 0 radical (unpaired) electrons. The number of nitrogens with zero attached hydrogens (tertiary/aromatic N) is 1. The van der Waals surface area contributed by atoms with Crippen LogP contribution in [0.5, 0.6) is 23.0 Å². The van der Waals surface area contributed by atoms with Crippen molar-refractivity contribution in [3.63, 3.8) is 0 Å². The van der Waals surface area contributed by atoms with E-state index < -0.39 is 17.8 Å². The first-order valence-electron chi connectivity index (χ1n) is 10.9. The fourth-order valence-corrected chi connectivity index (χ4v) is 4.93. The Morgan fingerprint density at radius 3 is 2.57 bits per heavy atom. The first-order chi connectivity index (χ1) is 17.8. The van der Waals surface area contributed by atoms with E-state index in [-0.39, 0.29) is 24.7 Å². The van der Waals surface area contributed by atoms with Gasteiger partial charge in [0.05, 0.1) is 12.8 Å². The van der Waals surface area contributed by atoms with Crippen LogP contribution in [0.4, 0.5) is 10.5 Å². The molecule has 2 aliphatic rings. The third-order valence-corrected chi connectivity index (χ3v) is 6.84. The fraction of sp³-hybridized carbons (Fsp3) is 0.115. The first kappa shape index (κ1) is 24.8. The molecular formula is C26H18Br2N2O7. The second kappa shape index (κ2) is 10.3. The number of nitrogens with one attached hydrogen (secondary N) is 1. The number of carbonyl (C=O) groups is 3. The molecule has 2 heterocycles. The van der Waals surface area contributed by atoms with E-state index in [2.05, 4.69) is 37.2 Å². The molecule has 5 rings (SSSR count). The van der Waals surface area contributed by atoms with Crippen molar-refractivity contribution in [2.45, 2.75) is 6.61 Å². The zero-order valence-electron chi connectivity index (χ0n) is 19.2. The lowest BCUT2D eigenvalue weighted by atomic mass is 10.1. The minimum absolute atomic E-state index is 0.0461. The third kappa shape index (κ3) is 5.05. The predicted octanol–water partition coefficient (Wildman–Crippen LogP) is 5.19. The lowest BCUT2D eigenvalue weighted by molar-refractivity contribution is -0.122. The second-order valence-electron chi connectivity index (χ2n) is 7.93. The minimum Gasteiger partial charge on any atom is -0.493 e. The van der Waals surface area contributed by atoms with Crippen molar-refractivity contribution in [2.24, 2.45) is 0 Å². The predicted molar refractivity (Wildman–Crippen MR) is 141 cm³/mol. The van der Waals surface area contributed by atoms with Gasteiger partial charge in [0.1, 0.15) is 12.2 Å². The molecule has 0 spiro atoms. The van der Waals surface area contributed by atoms with E-state index in [4.69, 9.17) is 18.9 Å². The van der Waals surface area contributed by atoms with Crippen LogP contribution in [-0.4, -0.2) is 31.7 Å². The first-order valence-corrected chi connectivity index (χ1v) is 12.5. The number of benzene rings is 3. The molecule has 0 aromatic heterocycles. The largest absolute Gasteiger partial charge is 0.493 e. The Hall–Kier alpha value is -3.83. The van der Waals surface area contributed by atoms with Gasteiger partial charge in [-0.15, -0.1) is 0 Å². The quantitative estimate of drug-likeness (QED) is 0.295. The van der Waals surface area contributed by atoms with Gasteiger partial charge in [0, 0.05) is 20.6 Å². The maximum absolute atomic E-state index is 13.2. The van der Waals surface area contributed by atoms with Gasteiger partial charge in [0.25, 0.3) is 11.8 Å². The monoisotopic (exact) mass is 628 g/mol. The van der Waals surface area contributed by atoms with Crippen molar-refractivity contribution in [2.75, 3.05) is 18.8 Å². The average Bonchev–Trinajstić information content (AvgIpc) is 3.34. The van der Waals surface area contributed by atoms with E-state index in [0.29, 0.717) is 28.6 Å². The topological polar surface area (TPSA) is 103 Å². The molecule has 0 bridgehead atoms. The lowest BCUT2D eigenvalue weighted by Gasteiger charge is -2.26. The Labute approximate surface area is 228 Å². The smallest absolute Gasteiger partial charge is 0.335 e. The number of anilines is 1. The summed E-state index contributed by atoms with van der Waals surface area (Å²) < 4.78 is 23.9. The highest BCUT2D eigenvalue weighted by atomic mass is 79.9. The van der Waals surface area contributed by atoms with Crippen molar-refractivity contribution in [1.82, 2.24) is 5.32 Å². The van der Waals surface area contributed by atoms with Crippen LogP contribution in [0.2, 0.25) is 0 Å². The molecule has 37 heavy (non-hydrogen) atoms. The van der Waals surface area contributed by atoms with Crippen LogP contribution in [0.25, 0.3) is 6.08 Å². The molecule has 4 amide bonds. The van der Waals surface area contributed by atoms with Crippen LogP contribution >= 0.6 is 31.9 Å². The summed E-state index contributed by atoms with van der Waals surface area (Å²) in [6.45, 7) is 0.336. The lowest BCUT2D eigenvalue weighted by Crippen LogP contribution is -2.54. The molecule has 3 aromatic carbocycles. The van der Waals surface area contributed by atoms with Crippen LogP contribution in [-0.2, 0) is 16.2 Å². The number of urea groups is 1. The highest BCUT2D eigenvalue weighted by molar-refractivity contribution is 9.11. The van der Waals surface area contributed by atoms with Gasteiger partial charge in [-0.2, -0.15) is 0 Å². The highest BCUT2D eigenvalue weighted by Gasteiger charge is 2.37. The van der Waals surface area contributed by atoms with Crippen molar-refractivity contribution in [3.8, 4) is 23.0 Å². The van der Waals surface area contributed by atoms with Crippen molar-refractivity contribution < 1.29 is 33.3 Å². The average molecular weight is 630 g/mol. The Morgan fingerprint density at radius 2 is 1.78 bits per heavy atom. The molecule has 0 saturated carbocycles. The highest BCUT2D eigenvalue weighted by Crippen LogP contribution is 2.37. The summed E-state index contributed by atoms with van der Waals surface area (Å²) >= 11 is 6.94. The number of hydrogen-bond donors (Lipinski definition) is 1. The number of imide groups is 2. The van der Waals surface area contributed by atoms with Gasteiger partial charge < -0.3 is 18.9 Å². The SMILES string of the molecule is COc1cc(/C=C2\C(=O)NC(=O)N(c3ccc4c(c3)OCO4)C2=O)ccc1OCc1ccc(Br)cc1Br. The summed E-state index contributed by atoms with van der Waals surface area (Å²) in [5, 5.41) is 2.21. The Kier molecular flexibility index (Phi) is 6.90. The molecule has 1 saturated heterocycles. The van der Waals surface area contributed by atoms with Gasteiger partial charge in [-0.05, 0) is 48.0 Å². The van der Waals surface area contributed by atoms with Gasteiger partial charge in [0.15, 0.2) is 23.0 Å². The van der Waals surface area contributed by atoms with Crippen molar-refractivity contribution in [1.29, 1.82) is 0 Å². The molecule has 3 aromatic rings. The van der Waals surface area contributed by atoms with Crippen molar-refractivity contribution in [3.05, 3.63) is 80.2 Å². The van der Waals surface area contributed by atoms with Gasteiger partial charge >= 0.3 is 6.03 Å². The van der Waals surface area contributed by atoms with Gasteiger partial charge in [0.2, 0.25) is 6.79 Å². The second-order valence-corrected chi connectivity index (χ2v) is 9.70. The Bertz CT molecular complexity index is 1470. The zero-order chi connectivity index (χ0) is 26.1. The van der Waals surface area contributed by atoms with E-state index in [0.717, 1.165) is 19.4 Å². The Morgan fingerprint density at radius 1 is 0.973 bits per heavy atom. The molecule has 2 aliphatic heterocycles. The van der Waals surface area contributed by atoms with E-state index in [1.54, 1.807) is 24.3 Å². The van der Waals surface area contributed by atoms with E-state index in [1.807, 2.05) is 18.2 Å². The van der Waals surface area contributed by atoms with Crippen LogP contribution < -0.4 is 29.2 Å². The van der Waals surface area contributed by atoms with Crippen LogP contribution in [0.15, 0.2) is 69.1 Å². The summed E-state index contributed by atoms with van der Waals surface area (Å²) in [4.78, 5) is 39.2. The van der Waals surface area contributed by atoms with Crippen molar-refractivity contribution >= 4 is 61.5 Å². The fourth-order valence-electron chi connectivity index (χ4n) is 3.77. The van der Waals surface area contributed by atoms with E-state index in [1.165, 1.54) is 25.3 Å². The number of ether oxygens (including phenoxy) is 4. The molecule has 188 valence electrons. The molecule has 0 unspecified atom stereocenters. The number of methoxy groups -OCH3 is 1. The van der Waals surface area contributed by atoms with Gasteiger partial charge in [-0.25, -0.2) is 9.69 Å². The maximum Gasteiger partial charge on any atom is 0.335 e. The number of amides is 4. The molecule has 1 fully saturated rings. The summed E-state index contributed by atoms with van der Waals surface area (Å²) in [7, 11) is 1.49. The van der Waals surface area contributed by atoms with E-state index in [9.17, 15) is 14.4 Å². The summed E-state index contributed by atoms with van der Waals surface area (Å²) in [6, 6.07) is 14.6. The third-order valence-electron chi connectivity index (χ3n) is 5.61. The number of barbiturate groups is 1. The number of carbonyl (C=O) groups excluding carboxylic acids is 3. The number of fused-ring (bicyclic) bond motifs is 1. The molecular weight excluding hydrogens is 612 g/mol. The standard InChI is InChI=1S/C26H18Br2N2O7/c1-34-22-9-14(2-6-20(22)35-12-15-3-4-16(27)10-19(15)28)8-18-24(31)29-26(33)30(25(18)32)17-5-7-21-23(11-17)37-13-36-21/h2-11H,12-13H2,1H3,(H,29,31,33)/b18-8+. The molecule has 0 atom stereocenters. The van der Waals surface area contributed by atoms with Crippen LogP contribution in [0, 0.1) is 0 Å². The van der Waals surface area contributed by atoms with Crippen LogP contribution in [0.1, 0.15) is 11.1 Å². The minimum atomic E-state index is -0.855. The normalized spacial score (nSPS) is 15.7. The summed E-state index contributed by atoms with van der Waals surface area (Å²) in [6.07, 6.45) is 1.39. The summed E-state index contributed by atoms with van der Waals surface area (Å²) in [5.41, 5.74) is 1.47. The number of halogens is 2. The molecule has 1 N–H and O–H groups in total. The Balaban J connectivity index is 1.39. The molecule has 11 heteroatoms. The van der Waals surface area contributed by atoms with Gasteiger partial charge in [-0.3, -0.25) is 14.9 Å². The van der Waals surface area contributed by atoms with Crippen LogP contribution in [0.3, 0.4) is 0 Å². The van der Waals surface area contributed by atoms with E-state index >= 15 is 0 Å². The van der Waals surface area contributed by atoms with Gasteiger partial charge in [-0.1, -0.05) is 44.0 Å². The number of hydrogen-bond acceptors (Lipinski definition) is 7. The molecule has 9 nitrogen and oxygen atoms in total. The summed E-state index contributed by atoms with van der Waals surface area (Å²) in [5.74, 6) is 0.225.